The number of rotatable bonds is 6. The molecule has 0 fully saturated rings. The highest BCUT2D eigenvalue weighted by Crippen LogP contribution is 2.24. The molecular weight excluding hydrogens is 367 g/mol. The summed E-state index contributed by atoms with van der Waals surface area (Å²) in [5, 5.41) is 23.4. The van der Waals surface area contributed by atoms with E-state index in [1.807, 2.05) is 0 Å². The van der Waals surface area contributed by atoms with Crippen molar-refractivity contribution in [2.75, 3.05) is 11.9 Å². The normalized spacial score (nSPS) is 13.0. The van der Waals surface area contributed by atoms with Gasteiger partial charge in [-0.05, 0) is 38.1 Å². The van der Waals surface area contributed by atoms with E-state index < -0.39 is 28.9 Å². The largest absolute Gasteiger partial charge is 0.490 e. The van der Waals surface area contributed by atoms with Crippen molar-refractivity contribution in [1.82, 2.24) is 0 Å². The first-order valence-electron chi connectivity index (χ1n) is 7.47. The number of benzene rings is 2. The van der Waals surface area contributed by atoms with Crippen molar-refractivity contribution < 1.29 is 24.0 Å². The van der Waals surface area contributed by atoms with Crippen LogP contribution in [0.3, 0.4) is 0 Å². The van der Waals surface area contributed by atoms with Crippen molar-refractivity contribution in [3.8, 4) is 5.75 Å². The number of ether oxygens (including phenoxy) is 1. The van der Waals surface area contributed by atoms with Crippen LogP contribution < -0.4 is 10.1 Å². The van der Waals surface area contributed by atoms with Gasteiger partial charge in [-0.2, -0.15) is 0 Å². The van der Waals surface area contributed by atoms with E-state index in [-0.39, 0.29) is 16.5 Å². The van der Waals surface area contributed by atoms with Gasteiger partial charge in [0.25, 0.3) is 11.6 Å². The molecule has 138 valence electrons. The van der Waals surface area contributed by atoms with Crippen molar-refractivity contribution >= 4 is 28.9 Å². The quantitative estimate of drug-likeness (QED) is 0.588. The standard InChI is InChI=1S/C17H16ClFN2O5/c1-10-7-11(3-6-15(10)21(24)25)20-16(22)17(2,23)9-26-12-4-5-14(19)13(18)8-12/h3-8,23H,9H2,1-2H3,(H,20,22). The van der Waals surface area contributed by atoms with Crippen LogP contribution >= 0.6 is 11.6 Å². The predicted molar refractivity (Wildman–Crippen MR) is 94.0 cm³/mol. The molecule has 0 saturated carbocycles. The molecule has 26 heavy (non-hydrogen) atoms. The summed E-state index contributed by atoms with van der Waals surface area (Å²) in [4.78, 5) is 22.5. The number of nitrogens with one attached hydrogen (secondary N) is 1. The van der Waals surface area contributed by atoms with Crippen molar-refractivity contribution in [2.24, 2.45) is 0 Å². The molecule has 1 atom stereocenters. The summed E-state index contributed by atoms with van der Waals surface area (Å²) >= 11 is 5.64. The molecule has 0 aliphatic rings. The van der Waals surface area contributed by atoms with Crippen LogP contribution in [0.15, 0.2) is 36.4 Å². The first kappa shape index (κ1) is 19.6. The minimum Gasteiger partial charge on any atom is -0.490 e. The lowest BCUT2D eigenvalue weighted by molar-refractivity contribution is -0.385. The Morgan fingerprint density at radius 3 is 2.65 bits per heavy atom. The van der Waals surface area contributed by atoms with Crippen molar-refractivity contribution in [1.29, 1.82) is 0 Å². The molecule has 0 aliphatic carbocycles. The smallest absolute Gasteiger partial charge is 0.272 e. The van der Waals surface area contributed by atoms with Crippen LogP contribution in [0.2, 0.25) is 5.02 Å². The van der Waals surface area contributed by atoms with E-state index >= 15 is 0 Å². The summed E-state index contributed by atoms with van der Waals surface area (Å²) in [6.07, 6.45) is 0. The average Bonchev–Trinajstić information content (AvgIpc) is 2.55. The third-order valence-electron chi connectivity index (χ3n) is 3.55. The number of nitrogens with zero attached hydrogens (tertiary/aromatic N) is 1. The Bertz CT molecular complexity index is 857. The van der Waals surface area contributed by atoms with Gasteiger partial charge in [0.15, 0.2) is 5.60 Å². The summed E-state index contributed by atoms with van der Waals surface area (Å²) in [6, 6.07) is 7.69. The monoisotopic (exact) mass is 382 g/mol. The van der Waals surface area contributed by atoms with Gasteiger partial charge in [0.2, 0.25) is 0 Å². The zero-order valence-electron chi connectivity index (χ0n) is 14.0. The summed E-state index contributed by atoms with van der Waals surface area (Å²) in [7, 11) is 0. The van der Waals surface area contributed by atoms with E-state index in [1.165, 1.54) is 44.2 Å². The molecule has 2 rings (SSSR count). The number of anilines is 1. The lowest BCUT2D eigenvalue weighted by atomic mass is 10.1. The fourth-order valence-electron chi connectivity index (χ4n) is 2.06. The van der Waals surface area contributed by atoms with Crippen LogP contribution in [0.1, 0.15) is 12.5 Å². The van der Waals surface area contributed by atoms with Crippen LogP contribution in [-0.2, 0) is 4.79 Å². The van der Waals surface area contributed by atoms with Gasteiger partial charge >= 0.3 is 0 Å². The van der Waals surface area contributed by atoms with E-state index in [1.54, 1.807) is 0 Å². The molecular formula is C17H16ClFN2O5. The maximum Gasteiger partial charge on any atom is 0.272 e. The predicted octanol–water partition coefficient (Wildman–Crippen LogP) is 3.46. The highest BCUT2D eigenvalue weighted by molar-refractivity contribution is 6.30. The summed E-state index contributed by atoms with van der Waals surface area (Å²) < 4.78 is 18.4. The number of nitro benzene ring substituents is 1. The summed E-state index contributed by atoms with van der Waals surface area (Å²) in [5.41, 5.74) is -1.32. The van der Waals surface area contributed by atoms with E-state index in [9.17, 15) is 24.4 Å². The average molecular weight is 383 g/mol. The lowest BCUT2D eigenvalue weighted by Crippen LogP contribution is -2.45. The third-order valence-corrected chi connectivity index (χ3v) is 3.84. The molecule has 1 amide bonds. The van der Waals surface area contributed by atoms with E-state index in [2.05, 4.69) is 5.32 Å². The van der Waals surface area contributed by atoms with Gasteiger partial charge in [-0.1, -0.05) is 11.6 Å². The van der Waals surface area contributed by atoms with Crippen molar-refractivity contribution in [2.45, 2.75) is 19.4 Å². The molecule has 0 spiro atoms. The van der Waals surface area contributed by atoms with E-state index in [4.69, 9.17) is 16.3 Å². The zero-order valence-corrected chi connectivity index (χ0v) is 14.7. The number of carbonyl (C=O) groups excluding carboxylic acids is 1. The van der Waals surface area contributed by atoms with Gasteiger partial charge in [0.05, 0.1) is 9.95 Å². The maximum absolute atomic E-state index is 13.1. The molecule has 0 heterocycles. The second-order valence-corrected chi connectivity index (χ2v) is 6.26. The number of aliphatic hydroxyl groups is 1. The second-order valence-electron chi connectivity index (χ2n) is 5.85. The molecule has 0 aliphatic heterocycles. The number of aryl methyl sites for hydroxylation is 1. The topological polar surface area (TPSA) is 102 Å². The maximum atomic E-state index is 13.1. The van der Waals surface area contributed by atoms with Crippen LogP contribution in [0.4, 0.5) is 15.8 Å². The van der Waals surface area contributed by atoms with E-state index in [0.29, 0.717) is 11.3 Å². The Hall–Kier alpha value is -2.71. The fourth-order valence-corrected chi connectivity index (χ4v) is 2.23. The lowest BCUT2D eigenvalue weighted by Gasteiger charge is -2.22. The minimum atomic E-state index is -1.91. The van der Waals surface area contributed by atoms with Gasteiger partial charge in [0, 0.05) is 23.4 Å². The molecule has 0 radical (unpaired) electrons. The summed E-state index contributed by atoms with van der Waals surface area (Å²) in [5.74, 6) is -1.19. The van der Waals surface area contributed by atoms with Crippen LogP contribution in [0, 0.1) is 22.9 Å². The molecule has 0 saturated heterocycles. The molecule has 0 aromatic heterocycles. The van der Waals surface area contributed by atoms with E-state index in [0.717, 1.165) is 6.07 Å². The molecule has 2 aromatic rings. The number of halogens is 2. The zero-order chi connectivity index (χ0) is 19.5. The molecule has 9 heteroatoms. The highest BCUT2D eigenvalue weighted by Gasteiger charge is 2.31. The number of nitro groups is 1. The Labute approximate surface area is 153 Å². The minimum absolute atomic E-state index is 0.0775. The number of carbonyl (C=O) groups is 1. The van der Waals surface area contributed by atoms with Gasteiger partial charge in [0.1, 0.15) is 18.2 Å². The van der Waals surface area contributed by atoms with Gasteiger partial charge < -0.3 is 15.2 Å². The van der Waals surface area contributed by atoms with Crippen LogP contribution in [-0.4, -0.2) is 28.1 Å². The molecule has 7 nitrogen and oxygen atoms in total. The first-order chi connectivity index (χ1) is 12.1. The SMILES string of the molecule is Cc1cc(NC(=O)C(C)(O)COc2ccc(F)c(Cl)c2)ccc1[N+](=O)[O-]. The van der Waals surface area contributed by atoms with Crippen LogP contribution in [0.5, 0.6) is 5.75 Å². The molecule has 2 N–H and O–H groups in total. The second kappa shape index (κ2) is 7.67. The Morgan fingerprint density at radius 2 is 2.08 bits per heavy atom. The van der Waals surface area contributed by atoms with Gasteiger partial charge in [-0.3, -0.25) is 14.9 Å². The molecule has 2 aromatic carbocycles. The fraction of sp³-hybridized carbons (Fsp3) is 0.235. The van der Waals surface area contributed by atoms with Crippen molar-refractivity contribution in [3.05, 3.63) is 62.9 Å². The number of hydrogen-bond donors (Lipinski definition) is 2. The molecule has 0 bridgehead atoms. The number of hydrogen-bond acceptors (Lipinski definition) is 5. The van der Waals surface area contributed by atoms with Crippen LogP contribution in [0.25, 0.3) is 0 Å². The first-order valence-corrected chi connectivity index (χ1v) is 7.84. The van der Waals surface area contributed by atoms with Gasteiger partial charge in [-0.15, -0.1) is 0 Å². The Balaban J connectivity index is 2.03. The number of amides is 1. The highest BCUT2D eigenvalue weighted by atomic mass is 35.5. The van der Waals surface area contributed by atoms with Crippen molar-refractivity contribution in [3.63, 3.8) is 0 Å². The Morgan fingerprint density at radius 1 is 1.38 bits per heavy atom. The molecule has 1 unspecified atom stereocenters. The summed E-state index contributed by atoms with van der Waals surface area (Å²) in [6.45, 7) is 2.37. The Kier molecular flexibility index (Phi) is 5.79. The third kappa shape index (κ3) is 4.68. The van der Waals surface area contributed by atoms with Gasteiger partial charge in [-0.25, -0.2) is 4.39 Å².